The average Bonchev–Trinajstić information content (AvgIpc) is 2.71. The number of amides is 1. The number of cyclic esters (lactones) is 1. The first kappa shape index (κ1) is 19.2. The van der Waals surface area contributed by atoms with Gasteiger partial charge in [0.1, 0.15) is 0 Å². The zero-order valence-electron chi connectivity index (χ0n) is 16.2. The number of carbonyl (C=O) groups is 2. The Morgan fingerprint density at radius 2 is 1.81 bits per heavy atom. The molecule has 0 unspecified atom stereocenters. The molecule has 1 aromatic rings. The molecule has 4 atom stereocenters. The molecule has 5 heteroatoms. The zero-order valence-corrected chi connectivity index (χ0v) is 16.9. The smallest absolute Gasteiger partial charge is 0.313 e. The highest BCUT2D eigenvalue weighted by atomic mass is 35.5. The Labute approximate surface area is 160 Å². The SMILES string of the molecule is CC[C@]1(C)C(=O)O[C@@](C)(C(=O)N[C@H]2CC[C@H]2c2ccc(Cl)cc2)C1(C)C. The molecule has 1 aliphatic carbocycles. The van der Waals surface area contributed by atoms with Gasteiger partial charge in [0.25, 0.3) is 5.91 Å². The lowest BCUT2D eigenvalue weighted by molar-refractivity contribution is -0.162. The van der Waals surface area contributed by atoms with Crippen molar-refractivity contribution >= 4 is 23.5 Å². The van der Waals surface area contributed by atoms with E-state index in [1.807, 2.05) is 52.0 Å². The summed E-state index contributed by atoms with van der Waals surface area (Å²) in [5.74, 6) is -0.209. The highest BCUT2D eigenvalue weighted by Crippen LogP contribution is 2.57. The Bertz CT molecular complexity index is 729. The van der Waals surface area contributed by atoms with E-state index in [1.165, 1.54) is 5.56 Å². The monoisotopic (exact) mass is 377 g/mol. The number of hydrogen-bond acceptors (Lipinski definition) is 3. The van der Waals surface area contributed by atoms with Gasteiger partial charge in [-0.1, -0.05) is 44.5 Å². The van der Waals surface area contributed by atoms with E-state index in [0.29, 0.717) is 11.4 Å². The van der Waals surface area contributed by atoms with E-state index in [9.17, 15) is 9.59 Å². The predicted molar refractivity (Wildman–Crippen MR) is 102 cm³/mol. The van der Waals surface area contributed by atoms with Crippen molar-refractivity contribution in [3.63, 3.8) is 0 Å². The van der Waals surface area contributed by atoms with Gasteiger partial charge in [0.05, 0.1) is 5.41 Å². The van der Waals surface area contributed by atoms with E-state index in [1.54, 1.807) is 6.92 Å². The van der Waals surface area contributed by atoms with Crippen molar-refractivity contribution in [2.75, 3.05) is 0 Å². The first-order valence-corrected chi connectivity index (χ1v) is 9.74. The average molecular weight is 378 g/mol. The molecule has 1 saturated heterocycles. The molecule has 3 rings (SSSR count). The second-order valence-corrected chi connectivity index (χ2v) is 8.99. The minimum absolute atomic E-state index is 0.0588. The molecule has 0 aromatic heterocycles. The van der Waals surface area contributed by atoms with Crippen LogP contribution in [0.2, 0.25) is 5.02 Å². The van der Waals surface area contributed by atoms with Crippen LogP contribution in [0, 0.1) is 10.8 Å². The zero-order chi connectivity index (χ0) is 19.3. The van der Waals surface area contributed by atoms with Gasteiger partial charge < -0.3 is 10.1 Å². The molecule has 26 heavy (non-hydrogen) atoms. The fraction of sp³-hybridized carbons (Fsp3) is 0.619. The van der Waals surface area contributed by atoms with Crippen molar-refractivity contribution in [1.82, 2.24) is 5.32 Å². The van der Waals surface area contributed by atoms with Gasteiger partial charge in [-0.25, -0.2) is 0 Å². The van der Waals surface area contributed by atoms with Crippen LogP contribution in [0.15, 0.2) is 24.3 Å². The minimum atomic E-state index is -1.17. The van der Waals surface area contributed by atoms with Crippen LogP contribution >= 0.6 is 11.6 Å². The van der Waals surface area contributed by atoms with Gasteiger partial charge >= 0.3 is 5.97 Å². The Hall–Kier alpha value is -1.55. The van der Waals surface area contributed by atoms with Gasteiger partial charge in [0, 0.05) is 22.4 Å². The quantitative estimate of drug-likeness (QED) is 0.788. The van der Waals surface area contributed by atoms with Gasteiger partial charge in [0.2, 0.25) is 0 Å². The molecule has 0 radical (unpaired) electrons. The molecular formula is C21H28ClNO3. The number of hydrogen-bond donors (Lipinski definition) is 1. The lowest BCUT2D eigenvalue weighted by Gasteiger charge is -2.44. The van der Waals surface area contributed by atoms with Crippen molar-refractivity contribution in [2.24, 2.45) is 10.8 Å². The molecule has 2 fully saturated rings. The summed E-state index contributed by atoms with van der Waals surface area (Å²) >= 11 is 5.97. The number of esters is 1. The maximum absolute atomic E-state index is 13.2. The number of ether oxygens (including phenoxy) is 1. The van der Waals surface area contributed by atoms with E-state index < -0.39 is 16.4 Å². The molecule has 1 amide bonds. The molecule has 0 spiro atoms. The summed E-state index contributed by atoms with van der Waals surface area (Å²) in [7, 11) is 0. The minimum Gasteiger partial charge on any atom is -0.448 e. The topological polar surface area (TPSA) is 55.4 Å². The standard InChI is InChI=1S/C21H28ClNO3/c1-6-20(4)18(25)26-21(5,19(20,2)3)17(24)23-16-12-11-15(16)13-7-9-14(22)10-8-13/h7-10,15-16H,6,11-12H2,1-5H3,(H,23,24)/t15-,16-,20+,21-/m0/s1. The summed E-state index contributed by atoms with van der Waals surface area (Å²) < 4.78 is 5.69. The van der Waals surface area contributed by atoms with Crippen molar-refractivity contribution in [2.45, 2.75) is 71.4 Å². The molecule has 142 valence electrons. The van der Waals surface area contributed by atoms with Gasteiger partial charge in [-0.05, 0) is 50.8 Å². The second kappa shape index (κ2) is 6.26. The lowest BCUT2D eigenvalue weighted by atomic mass is 9.59. The van der Waals surface area contributed by atoms with Crippen LogP contribution in [0.25, 0.3) is 0 Å². The van der Waals surface area contributed by atoms with Gasteiger partial charge in [-0.15, -0.1) is 0 Å². The lowest BCUT2D eigenvalue weighted by Crippen LogP contribution is -2.59. The van der Waals surface area contributed by atoms with E-state index in [0.717, 1.165) is 12.8 Å². The molecule has 0 bridgehead atoms. The Morgan fingerprint density at radius 3 is 2.27 bits per heavy atom. The van der Waals surface area contributed by atoms with Crippen LogP contribution in [0.4, 0.5) is 0 Å². The maximum Gasteiger partial charge on any atom is 0.313 e. The number of nitrogens with one attached hydrogen (secondary N) is 1. The Morgan fingerprint density at radius 1 is 1.19 bits per heavy atom. The van der Waals surface area contributed by atoms with Crippen molar-refractivity contribution in [1.29, 1.82) is 0 Å². The van der Waals surface area contributed by atoms with Gasteiger partial charge in [0.15, 0.2) is 5.60 Å². The normalized spacial score (nSPS) is 35.5. The highest BCUT2D eigenvalue weighted by molar-refractivity contribution is 6.30. The van der Waals surface area contributed by atoms with Crippen molar-refractivity contribution < 1.29 is 14.3 Å². The van der Waals surface area contributed by atoms with Crippen LogP contribution in [0.5, 0.6) is 0 Å². The van der Waals surface area contributed by atoms with E-state index >= 15 is 0 Å². The summed E-state index contributed by atoms with van der Waals surface area (Å²) in [4.78, 5) is 25.7. The third-order valence-electron chi connectivity index (χ3n) is 7.35. The summed E-state index contributed by atoms with van der Waals surface area (Å²) in [6.07, 6.45) is 2.59. The van der Waals surface area contributed by atoms with Crippen LogP contribution in [-0.4, -0.2) is 23.5 Å². The number of carbonyl (C=O) groups excluding carboxylic acids is 2. The third-order valence-corrected chi connectivity index (χ3v) is 7.60. The summed E-state index contributed by atoms with van der Waals surface area (Å²) in [6, 6.07) is 7.85. The van der Waals surface area contributed by atoms with Crippen LogP contribution in [0.1, 0.15) is 65.4 Å². The molecular weight excluding hydrogens is 350 g/mol. The van der Waals surface area contributed by atoms with Crippen LogP contribution in [0.3, 0.4) is 0 Å². The first-order chi connectivity index (χ1) is 12.1. The highest BCUT2D eigenvalue weighted by Gasteiger charge is 2.68. The third kappa shape index (κ3) is 2.57. The number of halogens is 1. The second-order valence-electron chi connectivity index (χ2n) is 8.55. The summed E-state index contributed by atoms with van der Waals surface area (Å²) in [6.45, 7) is 9.52. The van der Waals surface area contributed by atoms with Crippen LogP contribution < -0.4 is 5.32 Å². The van der Waals surface area contributed by atoms with E-state index in [2.05, 4.69) is 5.32 Å². The summed E-state index contributed by atoms with van der Waals surface area (Å²) in [5.41, 5.74) is -1.27. The Balaban J connectivity index is 1.78. The fourth-order valence-electron chi connectivity index (χ4n) is 4.21. The molecule has 4 nitrogen and oxygen atoms in total. The van der Waals surface area contributed by atoms with Gasteiger partial charge in [-0.2, -0.15) is 0 Å². The molecule has 1 saturated carbocycles. The van der Waals surface area contributed by atoms with Crippen LogP contribution in [-0.2, 0) is 14.3 Å². The molecule has 1 N–H and O–H groups in total. The maximum atomic E-state index is 13.2. The van der Waals surface area contributed by atoms with E-state index in [4.69, 9.17) is 16.3 Å². The number of rotatable bonds is 4. The predicted octanol–water partition coefficient (Wildman–Crippen LogP) is 4.46. The van der Waals surface area contributed by atoms with Gasteiger partial charge in [-0.3, -0.25) is 9.59 Å². The largest absolute Gasteiger partial charge is 0.448 e. The number of benzene rings is 1. The van der Waals surface area contributed by atoms with Crippen molar-refractivity contribution in [3.8, 4) is 0 Å². The molecule has 1 aliphatic heterocycles. The molecule has 1 heterocycles. The first-order valence-electron chi connectivity index (χ1n) is 9.36. The van der Waals surface area contributed by atoms with E-state index in [-0.39, 0.29) is 23.8 Å². The molecule has 1 aromatic carbocycles. The Kier molecular flexibility index (Phi) is 4.63. The molecule has 2 aliphatic rings. The fourth-order valence-corrected chi connectivity index (χ4v) is 4.34. The van der Waals surface area contributed by atoms with Crippen molar-refractivity contribution in [3.05, 3.63) is 34.9 Å². The summed E-state index contributed by atoms with van der Waals surface area (Å²) in [5, 5.41) is 3.86.